The van der Waals surface area contributed by atoms with Gasteiger partial charge in [0.1, 0.15) is 6.07 Å². The van der Waals surface area contributed by atoms with E-state index >= 15 is 0 Å². The summed E-state index contributed by atoms with van der Waals surface area (Å²) in [5, 5.41) is 16.3. The molecule has 7 aromatic carbocycles. The van der Waals surface area contributed by atoms with Crippen molar-refractivity contribution in [3.8, 4) is 39.7 Å². The van der Waals surface area contributed by atoms with Gasteiger partial charge in [0.05, 0.1) is 45.6 Å². The number of benzene rings is 7. The minimum Gasteiger partial charge on any atom is -0.318 e. The molecule has 0 fully saturated rings. The molecule has 0 aliphatic heterocycles. The topological polar surface area (TPSA) is 38.0 Å². The lowest BCUT2D eigenvalue weighted by Crippen LogP contribution is -2.11. The van der Waals surface area contributed by atoms with Crippen LogP contribution in [-0.4, -0.2) is 9.13 Å². The van der Waals surface area contributed by atoms with Crippen LogP contribution in [0.3, 0.4) is 0 Å². The van der Waals surface area contributed by atoms with Gasteiger partial charge in [-0.2, -0.15) is 5.26 Å². The van der Waals surface area contributed by atoms with Crippen molar-refractivity contribution in [1.29, 1.82) is 5.26 Å². The molecule has 64 heavy (non-hydrogen) atoms. The Balaban J connectivity index is 1.59. The molecule has 9 aromatic rings. The maximum Gasteiger partial charge on any atom is 0.220 e. The number of hydrogen-bond donors (Lipinski definition) is 0. The molecular weight excluding hydrogens is 777 g/mol. The number of fused-ring (bicyclic) bond motifs is 6. The Kier molecular flexibility index (Phi) is 9.85. The minimum atomic E-state index is -0.0849. The Morgan fingerprint density at radius 2 is 0.734 bits per heavy atom. The monoisotopic (exact) mass is 834 g/mol. The average Bonchev–Trinajstić information content (AvgIpc) is 3.75. The number of nitrogens with zero attached hydrogens (tertiary/aromatic N) is 4. The van der Waals surface area contributed by atoms with E-state index in [0.717, 1.165) is 71.7 Å². The standard InChI is InChI=1S/C60H58N4/c1-57(2,3)39-24-28-48-43(32-39)44-33-40(58(4,5)6)25-29-49(44)63(48)55-47(36-61)52(37-20-16-14-17-21-37)54(62-13)56(53(55)38-22-18-15-19-23-38)64-50-30-26-41(59(7,8)9)34-45(50)46-35-42(60(10,11)12)27-31-51(46)64/h14-35H,1-12H3. The fourth-order valence-electron chi connectivity index (χ4n) is 9.53. The molecular formula is C60H58N4. The number of nitriles is 1. The molecule has 4 nitrogen and oxygen atoms in total. The molecule has 0 bridgehead atoms. The molecule has 0 atom stereocenters. The second-order valence-corrected chi connectivity index (χ2v) is 21.7. The molecule has 0 radical (unpaired) electrons. The summed E-state index contributed by atoms with van der Waals surface area (Å²) in [5.41, 5.74) is 14.3. The lowest BCUT2D eigenvalue weighted by atomic mass is 9.85. The van der Waals surface area contributed by atoms with Crippen molar-refractivity contribution in [2.24, 2.45) is 0 Å². The molecule has 4 heteroatoms. The summed E-state index contributed by atoms with van der Waals surface area (Å²) in [6.45, 7) is 36.4. The van der Waals surface area contributed by atoms with Gasteiger partial charge >= 0.3 is 0 Å². The highest BCUT2D eigenvalue weighted by Crippen LogP contribution is 2.53. The third-order valence-corrected chi connectivity index (χ3v) is 13.2. The second kappa shape index (κ2) is 14.9. The summed E-state index contributed by atoms with van der Waals surface area (Å²) < 4.78 is 4.66. The predicted molar refractivity (Wildman–Crippen MR) is 272 cm³/mol. The van der Waals surface area contributed by atoms with Crippen LogP contribution in [0.1, 0.15) is 111 Å². The van der Waals surface area contributed by atoms with Crippen molar-refractivity contribution in [3.63, 3.8) is 0 Å². The summed E-state index contributed by atoms with van der Waals surface area (Å²) in [5.74, 6) is 0. The molecule has 2 aromatic heterocycles. The van der Waals surface area contributed by atoms with Gasteiger partial charge in [0.25, 0.3) is 0 Å². The number of rotatable bonds is 4. The van der Waals surface area contributed by atoms with Crippen LogP contribution in [0.2, 0.25) is 0 Å². The highest BCUT2D eigenvalue weighted by Gasteiger charge is 2.33. The molecule has 9 rings (SSSR count). The van der Waals surface area contributed by atoms with E-state index in [4.69, 9.17) is 0 Å². The Labute approximate surface area is 379 Å². The molecule has 0 saturated heterocycles. The third-order valence-electron chi connectivity index (χ3n) is 13.2. The van der Waals surface area contributed by atoms with E-state index in [9.17, 15) is 11.8 Å². The third kappa shape index (κ3) is 6.89. The van der Waals surface area contributed by atoms with E-state index in [-0.39, 0.29) is 21.7 Å². The number of aromatic nitrogens is 2. The van der Waals surface area contributed by atoms with Crippen LogP contribution < -0.4 is 0 Å². The Bertz CT molecular complexity index is 3070. The Morgan fingerprint density at radius 3 is 1.03 bits per heavy atom. The van der Waals surface area contributed by atoms with E-state index in [0.29, 0.717) is 16.8 Å². The van der Waals surface area contributed by atoms with E-state index in [1.54, 1.807) is 0 Å². The summed E-state index contributed by atoms with van der Waals surface area (Å²) in [6.07, 6.45) is 0. The molecule has 0 amide bonds. The quantitative estimate of drug-likeness (QED) is 0.163. The average molecular weight is 835 g/mol. The van der Waals surface area contributed by atoms with Crippen molar-refractivity contribution in [2.45, 2.75) is 105 Å². The van der Waals surface area contributed by atoms with Gasteiger partial charge < -0.3 is 9.13 Å². The van der Waals surface area contributed by atoms with Crippen LogP contribution in [0.5, 0.6) is 0 Å². The minimum absolute atomic E-state index is 0.0839. The van der Waals surface area contributed by atoms with Gasteiger partial charge in [-0.15, -0.1) is 0 Å². The SMILES string of the molecule is [C-]#[N+]c1c(-c2ccccc2)c(C#N)c(-n2c3ccc(C(C)(C)C)cc3c3cc(C(C)(C)C)ccc32)c(-c2ccccc2)c1-n1c2ccc(C(C)(C)C)cc2c2cc(C(C)(C)C)ccc21. The van der Waals surface area contributed by atoms with Gasteiger partial charge in [0.2, 0.25) is 5.69 Å². The van der Waals surface area contributed by atoms with E-state index < -0.39 is 0 Å². The van der Waals surface area contributed by atoms with Crippen LogP contribution in [0, 0.1) is 17.9 Å². The molecule has 2 heterocycles. The van der Waals surface area contributed by atoms with Crippen LogP contribution in [0.25, 0.3) is 82.1 Å². The first kappa shape index (κ1) is 42.4. The van der Waals surface area contributed by atoms with Gasteiger partial charge in [-0.1, -0.05) is 168 Å². The molecule has 0 N–H and O–H groups in total. The highest BCUT2D eigenvalue weighted by molar-refractivity contribution is 6.15. The van der Waals surface area contributed by atoms with Crippen molar-refractivity contribution < 1.29 is 0 Å². The zero-order valence-corrected chi connectivity index (χ0v) is 39.5. The Morgan fingerprint density at radius 1 is 0.422 bits per heavy atom. The fraction of sp³-hybridized carbons (Fsp3) is 0.267. The molecule has 0 aliphatic rings. The van der Waals surface area contributed by atoms with Crippen molar-refractivity contribution in [1.82, 2.24) is 9.13 Å². The number of hydrogen-bond acceptors (Lipinski definition) is 1. The van der Waals surface area contributed by atoms with E-state index in [1.807, 2.05) is 36.4 Å². The van der Waals surface area contributed by atoms with Crippen LogP contribution in [-0.2, 0) is 21.7 Å². The lowest BCUT2D eigenvalue weighted by molar-refractivity contribution is 0.590. The second-order valence-electron chi connectivity index (χ2n) is 21.7. The first-order valence-corrected chi connectivity index (χ1v) is 22.5. The molecule has 0 spiro atoms. The maximum atomic E-state index is 11.8. The molecule has 0 aliphatic carbocycles. The summed E-state index contributed by atoms with van der Waals surface area (Å²) >= 11 is 0. The van der Waals surface area contributed by atoms with Crippen molar-refractivity contribution in [3.05, 3.63) is 173 Å². The first-order valence-electron chi connectivity index (χ1n) is 22.5. The zero-order valence-electron chi connectivity index (χ0n) is 39.5. The van der Waals surface area contributed by atoms with Gasteiger partial charge in [-0.25, -0.2) is 4.85 Å². The predicted octanol–water partition coefficient (Wildman–Crippen LogP) is 16.8. The van der Waals surface area contributed by atoms with Crippen molar-refractivity contribution >= 4 is 49.3 Å². The van der Waals surface area contributed by atoms with Crippen LogP contribution >= 0.6 is 0 Å². The summed E-state index contributed by atoms with van der Waals surface area (Å²) in [4.78, 5) is 4.52. The van der Waals surface area contributed by atoms with Gasteiger partial charge in [0.15, 0.2) is 0 Å². The van der Waals surface area contributed by atoms with Crippen molar-refractivity contribution in [2.75, 3.05) is 0 Å². The molecule has 0 unspecified atom stereocenters. The smallest absolute Gasteiger partial charge is 0.220 e. The summed E-state index contributed by atoms with van der Waals surface area (Å²) in [7, 11) is 0. The van der Waals surface area contributed by atoms with Gasteiger partial charge in [-0.05, 0) is 104 Å². The zero-order chi connectivity index (χ0) is 45.7. The fourth-order valence-corrected chi connectivity index (χ4v) is 9.53. The summed E-state index contributed by atoms with van der Waals surface area (Å²) in [6, 6.07) is 50.6. The van der Waals surface area contributed by atoms with E-state index in [1.165, 1.54) is 22.3 Å². The van der Waals surface area contributed by atoms with Gasteiger partial charge in [-0.3, -0.25) is 0 Å². The lowest BCUT2D eigenvalue weighted by Gasteiger charge is -2.26. The van der Waals surface area contributed by atoms with Crippen LogP contribution in [0.4, 0.5) is 5.69 Å². The first-order chi connectivity index (χ1) is 30.2. The van der Waals surface area contributed by atoms with Crippen LogP contribution in [0.15, 0.2) is 133 Å². The molecule has 318 valence electrons. The normalized spacial score (nSPS) is 12.7. The molecule has 0 saturated carbocycles. The Hall–Kier alpha value is -6.88. The maximum absolute atomic E-state index is 11.8. The van der Waals surface area contributed by atoms with E-state index in [2.05, 4.69) is 200 Å². The van der Waals surface area contributed by atoms with Gasteiger partial charge in [0, 0.05) is 32.7 Å². The highest BCUT2D eigenvalue weighted by atomic mass is 15.0. The largest absolute Gasteiger partial charge is 0.318 e.